The van der Waals surface area contributed by atoms with Gasteiger partial charge in [0.1, 0.15) is 13.2 Å². The van der Waals surface area contributed by atoms with E-state index >= 15 is 0 Å². The van der Waals surface area contributed by atoms with Crippen LogP contribution < -0.4 is 0 Å². The first-order chi connectivity index (χ1) is 29.0. The minimum Gasteiger partial charge on any atom is -0.462 e. The molecule has 1 atom stereocenters. The molecule has 1 unspecified atom stereocenters. The summed E-state index contributed by atoms with van der Waals surface area (Å²) in [7, 11) is 0. The lowest BCUT2D eigenvalue weighted by Crippen LogP contribution is -2.30. The average molecular weight is 823 g/mol. The average Bonchev–Trinajstić information content (AvgIpc) is 3.23. The van der Waals surface area contributed by atoms with Crippen molar-refractivity contribution in [2.75, 3.05) is 13.2 Å². The molecule has 0 bridgehead atoms. The molecule has 0 aromatic heterocycles. The van der Waals surface area contributed by atoms with E-state index in [9.17, 15) is 14.4 Å². The normalized spacial score (nSPS) is 12.7. The van der Waals surface area contributed by atoms with Crippen LogP contribution >= 0.6 is 0 Å². The zero-order chi connectivity index (χ0) is 43.0. The molecule has 0 spiro atoms. The maximum absolute atomic E-state index is 12.8. The molecular formula is C53H90O6. The van der Waals surface area contributed by atoms with Gasteiger partial charge in [-0.25, -0.2) is 0 Å². The van der Waals surface area contributed by atoms with E-state index in [0.717, 1.165) is 141 Å². The number of rotatable bonds is 43. The Morgan fingerprint density at radius 2 is 0.695 bits per heavy atom. The summed E-state index contributed by atoms with van der Waals surface area (Å²) in [6, 6.07) is 0. The lowest BCUT2D eigenvalue weighted by atomic mass is 10.1. The fraction of sp³-hybridized carbons (Fsp3) is 0.717. The number of hydrogen-bond acceptors (Lipinski definition) is 6. The number of carbonyl (C=O) groups is 3. The zero-order valence-corrected chi connectivity index (χ0v) is 38.5. The van der Waals surface area contributed by atoms with E-state index in [1.54, 1.807) is 0 Å². The highest BCUT2D eigenvalue weighted by Gasteiger charge is 2.19. The molecule has 0 N–H and O–H groups in total. The van der Waals surface area contributed by atoms with Crippen LogP contribution in [-0.4, -0.2) is 37.2 Å². The van der Waals surface area contributed by atoms with Crippen molar-refractivity contribution in [1.29, 1.82) is 0 Å². The molecule has 0 aliphatic heterocycles. The lowest BCUT2D eigenvalue weighted by molar-refractivity contribution is -0.167. The molecule has 0 aliphatic carbocycles. The Kier molecular flexibility index (Phi) is 45.0. The molecule has 6 heteroatoms. The molecular weight excluding hydrogens is 733 g/mol. The Labute approximate surface area is 363 Å². The van der Waals surface area contributed by atoms with Crippen LogP contribution in [0.1, 0.15) is 226 Å². The highest BCUT2D eigenvalue weighted by molar-refractivity contribution is 5.71. The zero-order valence-electron chi connectivity index (χ0n) is 38.5. The summed E-state index contributed by atoms with van der Waals surface area (Å²) in [5.74, 6) is -0.936. The third kappa shape index (κ3) is 45.8. The molecule has 0 rings (SSSR count). The van der Waals surface area contributed by atoms with Crippen molar-refractivity contribution in [3.63, 3.8) is 0 Å². The van der Waals surface area contributed by atoms with E-state index in [4.69, 9.17) is 14.2 Å². The third-order valence-corrected chi connectivity index (χ3v) is 10.1. The largest absolute Gasteiger partial charge is 0.462 e. The SMILES string of the molecule is CC/C=C\C/C=C\C/C=C\CCCCCCCC(=O)OC(COC(=O)CCCCCCC/C=C\C/C=C\CCCCCC)COC(=O)CCCCCCC/C=C\CCC. The van der Waals surface area contributed by atoms with Crippen LogP contribution in [0, 0.1) is 0 Å². The quantitative estimate of drug-likeness (QED) is 0.0264. The van der Waals surface area contributed by atoms with E-state index < -0.39 is 6.10 Å². The van der Waals surface area contributed by atoms with Gasteiger partial charge in [-0.2, -0.15) is 0 Å². The highest BCUT2D eigenvalue weighted by Crippen LogP contribution is 2.13. The van der Waals surface area contributed by atoms with Gasteiger partial charge in [0.15, 0.2) is 6.10 Å². The van der Waals surface area contributed by atoms with Crippen LogP contribution in [0.3, 0.4) is 0 Å². The minimum atomic E-state index is -0.792. The summed E-state index contributed by atoms with van der Waals surface area (Å²) in [5, 5.41) is 0. The van der Waals surface area contributed by atoms with Crippen LogP contribution in [0.4, 0.5) is 0 Å². The van der Waals surface area contributed by atoms with Gasteiger partial charge in [-0.1, -0.05) is 177 Å². The third-order valence-electron chi connectivity index (χ3n) is 10.1. The maximum atomic E-state index is 12.8. The van der Waals surface area contributed by atoms with Crippen molar-refractivity contribution in [3.8, 4) is 0 Å². The van der Waals surface area contributed by atoms with Gasteiger partial charge < -0.3 is 14.2 Å². The van der Waals surface area contributed by atoms with Crippen molar-refractivity contribution in [1.82, 2.24) is 0 Å². The van der Waals surface area contributed by atoms with Crippen LogP contribution in [0.5, 0.6) is 0 Å². The molecule has 0 aliphatic rings. The van der Waals surface area contributed by atoms with Crippen LogP contribution in [-0.2, 0) is 28.6 Å². The molecule has 338 valence electrons. The van der Waals surface area contributed by atoms with Gasteiger partial charge in [0.25, 0.3) is 0 Å². The lowest BCUT2D eigenvalue weighted by Gasteiger charge is -2.18. The number of carbonyl (C=O) groups excluding carboxylic acids is 3. The second kappa shape index (κ2) is 47.5. The molecule has 0 aromatic rings. The van der Waals surface area contributed by atoms with Crippen LogP contribution in [0.15, 0.2) is 72.9 Å². The van der Waals surface area contributed by atoms with Gasteiger partial charge in [0.2, 0.25) is 0 Å². The summed E-state index contributed by atoms with van der Waals surface area (Å²) in [6.07, 6.45) is 58.8. The van der Waals surface area contributed by atoms with Crippen molar-refractivity contribution in [2.45, 2.75) is 232 Å². The Morgan fingerprint density at radius 1 is 0.356 bits per heavy atom. The van der Waals surface area contributed by atoms with Gasteiger partial charge in [-0.05, 0) is 103 Å². The summed E-state index contributed by atoms with van der Waals surface area (Å²) in [5.41, 5.74) is 0. The monoisotopic (exact) mass is 823 g/mol. The Bertz CT molecular complexity index is 1130. The van der Waals surface area contributed by atoms with Gasteiger partial charge in [-0.15, -0.1) is 0 Å². The topological polar surface area (TPSA) is 78.9 Å². The Balaban J connectivity index is 4.42. The number of hydrogen-bond donors (Lipinski definition) is 0. The molecule has 0 heterocycles. The van der Waals surface area contributed by atoms with E-state index in [0.29, 0.717) is 19.3 Å². The molecule has 0 amide bonds. The predicted octanol–water partition coefficient (Wildman–Crippen LogP) is 15.9. The van der Waals surface area contributed by atoms with Gasteiger partial charge in [0, 0.05) is 19.3 Å². The van der Waals surface area contributed by atoms with E-state index in [1.165, 1.54) is 44.9 Å². The molecule has 0 fully saturated rings. The summed E-state index contributed by atoms with van der Waals surface area (Å²) < 4.78 is 16.7. The predicted molar refractivity (Wildman–Crippen MR) is 251 cm³/mol. The molecule has 59 heavy (non-hydrogen) atoms. The number of esters is 3. The Morgan fingerprint density at radius 3 is 1.12 bits per heavy atom. The summed E-state index contributed by atoms with van der Waals surface area (Å²) >= 11 is 0. The first kappa shape index (κ1) is 55.9. The fourth-order valence-electron chi connectivity index (χ4n) is 6.49. The van der Waals surface area contributed by atoms with E-state index in [1.807, 2.05) is 0 Å². The van der Waals surface area contributed by atoms with Crippen molar-refractivity contribution < 1.29 is 28.6 Å². The number of ether oxygens (including phenoxy) is 3. The smallest absolute Gasteiger partial charge is 0.306 e. The number of unbranched alkanes of at least 4 members (excludes halogenated alkanes) is 20. The molecule has 0 saturated heterocycles. The Hall–Kier alpha value is -3.15. The first-order valence-corrected chi connectivity index (χ1v) is 24.4. The maximum Gasteiger partial charge on any atom is 0.306 e. The standard InChI is InChI=1S/C53H90O6/c1-4-7-10-13-16-19-22-24-26-28-29-31-34-37-40-43-46-52(55)58-49-50(48-57-51(54)45-42-39-36-33-21-18-15-12-9-6-3)59-53(56)47-44-41-38-35-32-30-27-25-23-20-17-14-11-8-5-2/h8,11-12,15,17,19-20,22,25-28,50H,4-7,9-10,13-14,16,18,21,23-24,29-49H2,1-3H3/b11-8-,15-12-,20-17-,22-19-,27-25-,28-26-. The van der Waals surface area contributed by atoms with Crippen LogP contribution in [0.2, 0.25) is 0 Å². The van der Waals surface area contributed by atoms with Crippen LogP contribution in [0.25, 0.3) is 0 Å². The van der Waals surface area contributed by atoms with Crippen molar-refractivity contribution >= 4 is 17.9 Å². The summed E-state index contributed by atoms with van der Waals surface area (Å²) in [6.45, 7) is 6.40. The molecule has 6 nitrogen and oxygen atoms in total. The number of allylic oxidation sites excluding steroid dienone is 12. The van der Waals surface area contributed by atoms with Gasteiger partial charge in [0.05, 0.1) is 0 Å². The van der Waals surface area contributed by atoms with Gasteiger partial charge in [-0.3, -0.25) is 14.4 Å². The first-order valence-electron chi connectivity index (χ1n) is 24.4. The minimum absolute atomic E-state index is 0.0923. The van der Waals surface area contributed by atoms with Crippen molar-refractivity contribution in [2.24, 2.45) is 0 Å². The highest BCUT2D eigenvalue weighted by atomic mass is 16.6. The molecule has 0 radical (unpaired) electrons. The second-order valence-corrected chi connectivity index (χ2v) is 16.0. The molecule has 0 aromatic carbocycles. The van der Waals surface area contributed by atoms with E-state index in [-0.39, 0.29) is 31.1 Å². The second-order valence-electron chi connectivity index (χ2n) is 16.0. The van der Waals surface area contributed by atoms with Crippen molar-refractivity contribution in [3.05, 3.63) is 72.9 Å². The summed E-state index contributed by atoms with van der Waals surface area (Å²) in [4.78, 5) is 37.8. The van der Waals surface area contributed by atoms with Gasteiger partial charge >= 0.3 is 17.9 Å². The fourth-order valence-corrected chi connectivity index (χ4v) is 6.49. The van der Waals surface area contributed by atoms with E-state index in [2.05, 4.69) is 93.7 Å². The molecule has 0 saturated carbocycles.